The standard InChI is InChI=1S/C15H15F2N3O/c1-8(2)13-5-9(6-14(18)19-13)15(21)20-12-4-3-10(16)7-11(12)17/h3-8H,1-2H3,(H2,18,19)(H,20,21). The van der Waals surface area contributed by atoms with Crippen LogP contribution in [-0.2, 0) is 0 Å². The summed E-state index contributed by atoms with van der Waals surface area (Å²) in [6.45, 7) is 3.84. The maximum Gasteiger partial charge on any atom is 0.255 e. The summed E-state index contributed by atoms with van der Waals surface area (Å²) < 4.78 is 26.3. The molecule has 0 fully saturated rings. The van der Waals surface area contributed by atoms with Gasteiger partial charge in [-0.05, 0) is 30.2 Å². The number of benzene rings is 1. The largest absolute Gasteiger partial charge is 0.384 e. The highest BCUT2D eigenvalue weighted by atomic mass is 19.1. The van der Waals surface area contributed by atoms with E-state index in [0.29, 0.717) is 11.8 Å². The zero-order chi connectivity index (χ0) is 15.6. The molecule has 3 N–H and O–H groups in total. The van der Waals surface area contributed by atoms with Crippen molar-refractivity contribution < 1.29 is 13.6 Å². The first-order chi connectivity index (χ1) is 9.86. The van der Waals surface area contributed by atoms with E-state index in [1.807, 2.05) is 13.8 Å². The molecule has 0 saturated heterocycles. The summed E-state index contributed by atoms with van der Waals surface area (Å²) in [5.74, 6) is -1.76. The molecule has 0 bridgehead atoms. The number of nitrogens with one attached hydrogen (secondary N) is 1. The number of aromatic nitrogens is 1. The van der Waals surface area contributed by atoms with Gasteiger partial charge < -0.3 is 11.1 Å². The van der Waals surface area contributed by atoms with Gasteiger partial charge in [-0.25, -0.2) is 13.8 Å². The van der Waals surface area contributed by atoms with Crippen LogP contribution in [0.25, 0.3) is 0 Å². The lowest BCUT2D eigenvalue weighted by molar-refractivity contribution is 0.102. The fourth-order valence-corrected chi connectivity index (χ4v) is 1.79. The third-order valence-electron chi connectivity index (χ3n) is 2.90. The Morgan fingerprint density at radius 1 is 1.24 bits per heavy atom. The van der Waals surface area contributed by atoms with Crippen LogP contribution in [0.1, 0.15) is 35.8 Å². The number of nitrogens with zero attached hydrogens (tertiary/aromatic N) is 1. The first-order valence-electron chi connectivity index (χ1n) is 6.40. The number of rotatable bonds is 3. The van der Waals surface area contributed by atoms with Crippen LogP contribution in [0.5, 0.6) is 0 Å². The van der Waals surface area contributed by atoms with Crippen LogP contribution in [-0.4, -0.2) is 10.9 Å². The molecule has 2 aromatic rings. The summed E-state index contributed by atoms with van der Waals surface area (Å²) in [5, 5.41) is 2.38. The van der Waals surface area contributed by atoms with E-state index in [4.69, 9.17) is 5.73 Å². The molecule has 0 aliphatic carbocycles. The number of amides is 1. The van der Waals surface area contributed by atoms with Crippen molar-refractivity contribution in [3.8, 4) is 0 Å². The van der Waals surface area contributed by atoms with Gasteiger partial charge in [0.15, 0.2) is 0 Å². The second-order valence-corrected chi connectivity index (χ2v) is 4.94. The van der Waals surface area contributed by atoms with Gasteiger partial charge in [0.2, 0.25) is 0 Å². The van der Waals surface area contributed by atoms with Crippen LogP contribution < -0.4 is 11.1 Å². The zero-order valence-corrected chi connectivity index (χ0v) is 11.7. The van der Waals surface area contributed by atoms with Gasteiger partial charge in [0, 0.05) is 17.3 Å². The number of anilines is 2. The predicted molar refractivity (Wildman–Crippen MR) is 77.0 cm³/mol. The van der Waals surface area contributed by atoms with Gasteiger partial charge in [-0.2, -0.15) is 0 Å². The number of carbonyl (C=O) groups excluding carboxylic acids is 1. The first kappa shape index (κ1) is 14.9. The van der Waals surface area contributed by atoms with Crippen molar-refractivity contribution in [1.29, 1.82) is 0 Å². The number of hydrogen-bond acceptors (Lipinski definition) is 3. The highest BCUT2D eigenvalue weighted by Crippen LogP contribution is 2.19. The number of nitrogens with two attached hydrogens (primary N) is 1. The topological polar surface area (TPSA) is 68.0 Å². The fraction of sp³-hybridized carbons (Fsp3) is 0.200. The fourth-order valence-electron chi connectivity index (χ4n) is 1.79. The zero-order valence-electron chi connectivity index (χ0n) is 11.7. The highest BCUT2D eigenvalue weighted by molar-refractivity contribution is 6.04. The Hall–Kier alpha value is -2.50. The summed E-state index contributed by atoms with van der Waals surface area (Å²) in [7, 11) is 0. The van der Waals surface area contributed by atoms with Crippen molar-refractivity contribution in [2.45, 2.75) is 19.8 Å². The number of nitrogen functional groups attached to an aromatic ring is 1. The third kappa shape index (κ3) is 3.53. The summed E-state index contributed by atoms with van der Waals surface area (Å²) in [6, 6.07) is 5.94. The van der Waals surface area contributed by atoms with Gasteiger partial charge in [-0.3, -0.25) is 4.79 Å². The van der Waals surface area contributed by atoms with E-state index < -0.39 is 17.5 Å². The van der Waals surface area contributed by atoms with Crippen LogP contribution in [0.3, 0.4) is 0 Å². The van der Waals surface area contributed by atoms with E-state index in [2.05, 4.69) is 10.3 Å². The predicted octanol–water partition coefficient (Wildman–Crippen LogP) is 3.32. The quantitative estimate of drug-likeness (QED) is 0.911. The molecular weight excluding hydrogens is 276 g/mol. The van der Waals surface area contributed by atoms with Gasteiger partial charge in [0.1, 0.15) is 17.5 Å². The lowest BCUT2D eigenvalue weighted by Gasteiger charge is -2.10. The average Bonchev–Trinajstić information content (AvgIpc) is 2.41. The lowest BCUT2D eigenvalue weighted by Crippen LogP contribution is -2.14. The summed E-state index contributed by atoms with van der Waals surface area (Å²) in [4.78, 5) is 16.2. The molecule has 0 spiro atoms. The Bertz CT molecular complexity index is 687. The normalized spacial score (nSPS) is 10.7. The van der Waals surface area contributed by atoms with Gasteiger partial charge >= 0.3 is 0 Å². The van der Waals surface area contributed by atoms with Crippen LogP contribution in [0.2, 0.25) is 0 Å². The van der Waals surface area contributed by atoms with E-state index >= 15 is 0 Å². The number of carbonyl (C=O) groups is 1. The molecule has 1 heterocycles. The molecule has 0 unspecified atom stereocenters. The molecule has 0 atom stereocenters. The Labute approximate surface area is 121 Å². The SMILES string of the molecule is CC(C)c1cc(C(=O)Nc2ccc(F)cc2F)cc(N)n1. The molecule has 4 nitrogen and oxygen atoms in total. The summed E-state index contributed by atoms with van der Waals surface area (Å²) in [6.07, 6.45) is 0. The molecule has 1 amide bonds. The minimum Gasteiger partial charge on any atom is -0.384 e. The van der Waals surface area contributed by atoms with Crippen LogP contribution in [0, 0.1) is 11.6 Å². The number of pyridine rings is 1. The Morgan fingerprint density at radius 2 is 1.95 bits per heavy atom. The summed E-state index contributed by atoms with van der Waals surface area (Å²) in [5.41, 5.74) is 6.51. The highest BCUT2D eigenvalue weighted by Gasteiger charge is 2.13. The molecule has 1 aromatic heterocycles. The maximum absolute atomic E-state index is 13.5. The van der Waals surface area contributed by atoms with Crippen molar-refractivity contribution in [3.63, 3.8) is 0 Å². The minimum absolute atomic E-state index is 0.0946. The Morgan fingerprint density at radius 3 is 2.57 bits per heavy atom. The number of hydrogen-bond donors (Lipinski definition) is 2. The Kier molecular flexibility index (Phi) is 4.16. The van der Waals surface area contributed by atoms with E-state index in [1.165, 1.54) is 6.07 Å². The minimum atomic E-state index is -0.838. The van der Waals surface area contributed by atoms with Crippen molar-refractivity contribution in [1.82, 2.24) is 4.98 Å². The van der Waals surface area contributed by atoms with Crippen molar-refractivity contribution >= 4 is 17.4 Å². The molecule has 2 rings (SSSR count). The lowest BCUT2D eigenvalue weighted by atomic mass is 10.1. The van der Waals surface area contributed by atoms with Crippen molar-refractivity contribution in [2.75, 3.05) is 11.1 Å². The van der Waals surface area contributed by atoms with E-state index in [0.717, 1.165) is 12.1 Å². The number of halogens is 2. The Balaban J connectivity index is 2.28. The van der Waals surface area contributed by atoms with Gasteiger partial charge in [0.05, 0.1) is 5.69 Å². The molecule has 6 heteroatoms. The van der Waals surface area contributed by atoms with E-state index in [1.54, 1.807) is 6.07 Å². The summed E-state index contributed by atoms with van der Waals surface area (Å²) >= 11 is 0. The van der Waals surface area contributed by atoms with Crippen LogP contribution in [0.15, 0.2) is 30.3 Å². The third-order valence-corrected chi connectivity index (χ3v) is 2.90. The van der Waals surface area contributed by atoms with Gasteiger partial charge in [-0.1, -0.05) is 13.8 Å². The molecule has 1 aromatic carbocycles. The van der Waals surface area contributed by atoms with E-state index in [9.17, 15) is 13.6 Å². The second kappa shape index (κ2) is 5.87. The monoisotopic (exact) mass is 291 g/mol. The van der Waals surface area contributed by atoms with E-state index in [-0.39, 0.29) is 23.0 Å². The van der Waals surface area contributed by atoms with Crippen molar-refractivity contribution in [2.24, 2.45) is 0 Å². The molecule has 21 heavy (non-hydrogen) atoms. The molecule has 0 aliphatic heterocycles. The van der Waals surface area contributed by atoms with Crippen LogP contribution in [0.4, 0.5) is 20.3 Å². The molecule has 0 aliphatic rings. The van der Waals surface area contributed by atoms with Crippen LogP contribution >= 0.6 is 0 Å². The molecular formula is C15H15F2N3O. The van der Waals surface area contributed by atoms with Crippen molar-refractivity contribution in [3.05, 3.63) is 53.2 Å². The van der Waals surface area contributed by atoms with Gasteiger partial charge in [-0.15, -0.1) is 0 Å². The molecule has 0 radical (unpaired) electrons. The van der Waals surface area contributed by atoms with Gasteiger partial charge in [0.25, 0.3) is 5.91 Å². The molecule has 110 valence electrons. The smallest absolute Gasteiger partial charge is 0.255 e. The average molecular weight is 291 g/mol. The first-order valence-corrected chi connectivity index (χ1v) is 6.40. The second-order valence-electron chi connectivity index (χ2n) is 4.94. The molecule has 0 saturated carbocycles. The maximum atomic E-state index is 13.5.